The zero-order valence-corrected chi connectivity index (χ0v) is 21.9. The highest BCUT2D eigenvalue weighted by Gasteiger charge is 2.37. The molecular formula is C29H36N6O3. The number of amides is 1. The smallest absolute Gasteiger partial charge is 0.246 e. The van der Waals surface area contributed by atoms with Crippen molar-refractivity contribution in [3.05, 3.63) is 47.8 Å². The maximum absolute atomic E-state index is 11.8. The first-order chi connectivity index (χ1) is 18.7. The number of nitrogens with zero attached hydrogens (tertiary/aromatic N) is 5. The van der Waals surface area contributed by atoms with E-state index < -0.39 is 0 Å². The highest BCUT2D eigenvalue weighted by Crippen LogP contribution is 2.50. The van der Waals surface area contributed by atoms with Gasteiger partial charge < -0.3 is 24.6 Å². The van der Waals surface area contributed by atoms with Gasteiger partial charge in [-0.1, -0.05) is 12.6 Å². The lowest BCUT2D eigenvalue weighted by Crippen LogP contribution is -2.61. The SMILES string of the molecule is C=CC(=O)N1CC(N2CCC(c3cc4c(c(C5CC5)c3)OCc3c(ncnc3N3CCOCC3)N4)CC2)C1. The predicted octanol–water partition coefficient (Wildman–Crippen LogP) is 3.40. The second-order valence-corrected chi connectivity index (χ2v) is 11.2. The quantitative estimate of drug-likeness (QED) is 0.606. The van der Waals surface area contributed by atoms with Crippen LogP contribution in [-0.4, -0.2) is 84.2 Å². The Morgan fingerprint density at radius 2 is 1.82 bits per heavy atom. The molecule has 4 aliphatic heterocycles. The molecule has 4 fully saturated rings. The van der Waals surface area contributed by atoms with Gasteiger partial charge in [0.1, 0.15) is 30.3 Å². The van der Waals surface area contributed by atoms with Crippen molar-refractivity contribution in [2.75, 3.05) is 62.7 Å². The lowest BCUT2D eigenvalue weighted by Gasteiger charge is -2.47. The van der Waals surface area contributed by atoms with Crippen LogP contribution < -0.4 is 15.0 Å². The van der Waals surface area contributed by atoms with Crippen molar-refractivity contribution in [2.45, 2.75) is 50.2 Å². The third-order valence-corrected chi connectivity index (χ3v) is 8.87. The minimum Gasteiger partial charge on any atom is -0.486 e. The van der Waals surface area contributed by atoms with Gasteiger partial charge in [-0.3, -0.25) is 9.69 Å². The Hall–Kier alpha value is -3.17. The number of aromatic nitrogens is 2. The fourth-order valence-electron chi connectivity index (χ4n) is 6.42. The Morgan fingerprint density at radius 3 is 2.55 bits per heavy atom. The Bertz CT molecular complexity index is 1230. The van der Waals surface area contributed by atoms with Gasteiger partial charge in [0, 0.05) is 32.2 Å². The molecule has 200 valence electrons. The first kappa shape index (κ1) is 23.9. The molecule has 0 spiro atoms. The van der Waals surface area contributed by atoms with E-state index in [0.29, 0.717) is 37.7 Å². The Labute approximate surface area is 223 Å². The summed E-state index contributed by atoms with van der Waals surface area (Å²) < 4.78 is 12.1. The summed E-state index contributed by atoms with van der Waals surface area (Å²) in [6.45, 7) is 11.0. The van der Waals surface area contributed by atoms with Crippen LogP contribution in [0.3, 0.4) is 0 Å². The maximum atomic E-state index is 11.8. The van der Waals surface area contributed by atoms with Gasteiger partial charge in [0.25, 0.3) is 0 Å². The highest BCUT2D eigenvalue weighted by atomic mass is 16.5. The molecule has 1 N–H and O–H groups in total. The number of likely N-dealkylation sites (tertiary alicyclic amines) is 2. The Morgan fingerprint density at radius 1 is 1.03 bits per heavy atom. The molecule has 1 aromatic heterocycles. The lowest BCUT2D eigenvalue weighted by atomic mass is 9.86. The number of hydrogen-bond donors (Lipinski definition) is 1. The van der Waals surface area contributed by atoms with Crippen LogP contribution in [0.25, 0.3) is 0 Å². The average Bonchev–Trinajstić information content (AvgIpc) is 3.79. The fraction of sp³-hybridized carbons (Fsp3) is 0.552. The summed E-state index contributed by atoms with van der Waals surface area (Å²) in [5.41, 5.74) is 4.81. The summed E-state index contributed by atoms with van der Waals surface area (Å²) in [6.07, 6.45) is 7.80. The molecule has 2 aromatic rings. The van der Waals surface area contributed by atoms with Gasteiger partial charge in [0.15, 0.2) is 0 Å². The molecule has 9 nitrogen and oxygen atoms in total. The van der Waals surface area contributed by atoms with Crippen molar-refractivity contribution >= 4 is 23.2 Å². The molecule has 9 heteroatoms. The summed E-state index contributed by atoms with van der Waals surface area (Å²) in [5, 5.41) is 3.66. The van der Waals surface area contributed by atoms with Crippen LogP contribution >= 0.6 is 0 Å². The van der Waals surface area contributed by atoms with Crippen LogP contribution in [0.5, 0.6) is 5.75 Å². The van der Waals surface area contributed by atoms with Gasteiger partial charge in [-0.05, 0) is 73.9 Å². The molecule has 3 saturated heterocycles. The number of ether oxygens (including phenoxy) is 2. The fourth-order valence-corrected chi connectivity index (χ4v) is 6.42. The summed E-state index contributed by atoms with van der Waals surface area (Å²) in [5.74, 6) is 3.94. The van der Waals surface area contributed by atoms with Crippen molar-refractivity contribution in [1.29, 1.82) is 0 Å². The summed E-state index contributed by atoms with van der Waals surface area (Å²) in [7, 11) is 0. The van der Waals surface area contributed by atoms with Crippen LogP contribution in [-0.2, 0) is 16.1 Å². The van der Waals surface area contributed by atoms with Gasteiger partial charge >= 0.3 is 0 Å². The van der Waals surface area contributed by atoms with Crippen molar-refractivity contribution in [2.24, 2.45) is 0 Å². The van der Waals surface area contributed by atoms with E-state index >= 15 is 0 Å². The van der Waals surface area contributed by atoms with Gasteiger partial charge in [-0.2, -0.15) is 0 Å². The monoisotopic (exact) mass is 516 g/mol. The normalized spacial score (nSPS) is 22.4. The van der Waals surface area contributed by atoms with Crippen LogP contribution in [0.15, 0.2) is 31.1 Å². The second kappa shape index (κ2) is 9.85. The standard InChI is InChI=1S/C29H36N6O3/c1-2-26(36)35-15-22(16-35)33-7-5-19(6-8-33)21-13-23(20-3-4-20)27-25(14-21)32-28-24(17-38-27)29(31-18-30-28)34-9-11-37-12-10-34/h2,13-14,18-20,22H,1,3-12,15-17H2,(H,30,31,32). The molecule has 0 bridgehead atoms. The minimum atomic E-state index is 0.0485. The topological polar surface area (TPSA) is 83.1 Å². The number of nitrogens with one attached hydrogen (secondary N) is 1. The van der Waals surface area contributed by atoms with Crippen molar-refractivity contribution in [3.8, 4) is 5.75 Å². The lowest BCUT2D eigenvalue weighted by molar-refractivity contribution is -0.133. The third-order valence-electron chi connectivity index (χ3n) is 8.87. The molecule has 5 aliphatic rings. The number of rotatable bonds is 5. The number of anilines is 3. The molecule has 1 aromatic carbocycles. The van der Waals surface area contributed by atoms with E-state index in [1.807, 2.05) is 4.90 Å². The number of fused-ring (bicyclic) bond motifs is 2. The third kappa shape index (κ3) is 4.41. The molecule has 0 radical (unpaired) electrons. The van der Waals surface area contributed by atoms with E-state index in [-0.39, 0.29) is 5.91 Å². The summed E-state index contributed by atoms with van der Waals surface area (Å²) in [6, 6.07) is 5.22. The number of morpholine rings is 1. The predicted molar refractivity (Wildman–Crippen MR) is 145 cm³/mol. The number of hydrogen-bond acceptors (Lipinski definition) is 8. The van der Waals surface area contributed by atoms with Gasteiger partial charge in [0.2, 0.25) is 5.91 Å². The summed E-state index contributed by atoms with van der Waals surface area (Å²) >= 11 is 0. The van der Waals surface area contributed by atoms with E-state index in [1.54, 1.807) is 6.33 Å². The van der Waals surface area contributed by atoms with E-state index in [4.69, 9.17) is 9.47 Å². The molecule has 0 unspecified atom stereocenters. The molecule has 7 rings (SSSR count). The highest BCUT2D eigenvalue weighted by molar-refractivity contribution is 5.87. The van der Waals surface area contributed by atoms with Gasteiger partial charge in [-0.15, -0.1) is 0 Å². The van der Waals surface area contributed by atoms with Gasteiger partial charge in [-0.25, -0.2) is 9.97 Å². The van der Waals surface area contributed by atoms with Crippen LogP contribution in [0.4, 0.5) is 17.3 Å². The second-order valence-electron chi connectivity index (χ2n) is 11.2. The molecule has 0 atom stereocenters. The van der Waals surface area contributed by atoms with E-state index in [9.17, 15) is 4.79 Å². The number of carbonyl (C=O) groups excluding carboxylic acids is 1. The molecule has 38 heavy (non-hydrogen) atoms. The summed E-state index contributed by atoms with van der Waals surface area (Å²) in [4.78, 5) is 27.8. The van der Waals surface area contributed by atoms with Crippen molar-refractivity contribution in [1.82, 2.24) is 19.8 Å². The Kier molecular flexibility index (Phi) is 6.20. The Balaban J connectivity index is 1.10. The van der Waals surface area contributed by atoms with Crippen LogP contribution in [0.2, 0.25) is 0 Å². The van der Waals surface area contributed by atoms with E-state index in [0.717, 1.165) is 80.7 Å². The average molecular weight is 517 g/mol. The van der Waals surface area contributed by atoms with Crippen LogP contribution in [0, 0.1) is 0 Å². The first-order valence-electron chi connectivity index (χ1n) is 14.1. The first-order valence-corrected chi connectivity index (χ1v) is 14.1. The molecule has 1 aliphatic carbocycles. The van der Waals surface area contributed by atoms with Crippen molar-refractivity contribution < 1.29 is 14.3 Å². The van der Waals surface area contributed by atoms with Gasteiger partial charge in [0.05, 0.1) is 24.5 Å². The zero-order valence-electron chi connectivity index (χ0n) is 21.9. The largest absolute Gasteiger partial charge is 0.486 e. The molecule has 1 saturated carbocycles. The van der Waals surface area contributed by atoms with E-state index in [1.165, 1.54) is 30.0 Å². The van der Waals surface area contributed by atoms with Crippen molar-refractivity contribution in [3.63, 3.8) is 0 Å². The number of carbonyl (C=O) groups is 1. The minimum absolute atomic E-state index is 0.0485. The van der Waals surface area contributed by atoms with Crippen LogP contribution in [0.1, 0.15) is 54.2 Å². The molecule has 1 amide bonds. The molecule has 5 heterocycles. The molecular weight excluding hydrogens is 480 g/mol. The number of benzene rings is 1. The van der Waals surface area contributed by atoms with E-state index in [2.05, 4.69) is 43.8 Å². The zero-order chi connectivity index (χ0) is 25.6. The maximum Gasteiger partial charge on any atom is 0.246 e. The number of piperidine rings is 1.